The second kappa shape index (κ2) is 5.69. The quantitative estimate of drug-likeness (QED) is 0.695. The third-order valence-electron chi connectivity index (χ3n) is 3.30. The summed E-state index contributed by atoms with van der Waals surface area (Å²) >= 11 is 0. The summed E-state index contributed by atoms with van der Waals surface area (Å²) in [4.78, 5) is 0. The van der Waals surface area contributed by atoms with Gasteiger partial charge in [0.2, 0.25) is 0 Å². The van der Waals surface area contributed by atoms with Crippen molar-refractivity contribution in [1.82, 2.24) is 5.32 Å². The minimum absolute atomic E-state index is 0.278. The Kier molecular flexibility index (Phi) is 4.85. The Hall–Kier alpha value is -0.120. The molecule has 1 fully saturated rings. The van der Waals surface area contributed by atoms with E-state index in [2.05, 4.69) is 26.1 Å². The molecule has 84 valence electrons. The van der Waals surface area contributed by atoms with Crippen molar-refractivity contribution < 1.29 is 4.74 Å². The van der Waals surface area contributed by atoms with Gasteiger partial charge in [-0.15, -0.1) is 0 Å². The van der Waals surface area contributed by atoms with Gasteiger partial charge in [-0.25, -0.2) is 0 Å². The summed E-state index contributed by atoms with van der Waals surface area (Å²) in [7, 11) is 0. The van der Waals surface area contributed by atoms with Crippen LogP contribution < -0.4 is 11.1 Å². The first-order valence-electron chi connectivity index (χ1n) is 5.69. The number of rotatable bonds is 5. The molecule has 0 aromatic heterocycles. The van der Waals surface area contributed by atoms with Gasteiger partial charge in [0, 0.05) is 19.2 Å². The molecule has 0 aliphatic carbocycles. The van der Waals surface area contributed by atoms with Crippen molar-refractivity contribution in [1.29, 1.82) is 0 Å². The van der Waals surface area contributed by atoms with E-state index in [1.807, 2.05) is 0 Å². The van der Waals surface area contributed by atoms with Crippen molar-refractivity contribution >= 4 is 0 Å². The van der Waals surface area contributed by atoms with Crippen molar-refractivity contribution in [2.24, 2.45) is 17.6 Å². The number of nitrogens with one attached hydrogen (secondary N) is 1. The highest BCUT2D eigenvalue weighted by atomic mass is 16.5. The predicted octanol–water partition coefficient (Wildman–Crippen LogP) is 0.984. The summed E-state index contributed by atoms with van der Waals surface area (Å²) in [6.45, 7) is 9.42. The Labute approximate surface area is 87.4 Å². The number of hydrogen-bond donors (Lipinski definition) is 2. The van der Waals surface area contributed by atoms with Crippen LogP contribution in [0.15, 0.2) is 0 Å². The smallest absolute Gasteiger partial charge is 0.0588 e. The zero-order valence-electron chi connectivity index (χ0n) is 9.62. The van der Waals surface area contributed by atoms with Crippen LogP contribution in [0.4, 0.5) is 0 Å². The Balaban J connectivity index is 2.09. The van der Waals surface area contributed by atoms with E-state index in [9.17, 15) is 0 Å². The van der Waals surface area contributed by atoms with Gasteiger partial charge < -0.3 is 15.8 Å². The number of hydrogen-bond acceptors (Lipinski definition) is 3. The molecule has 3 heteroatoms. The van der Waals surface area contributed by atoms with Gasteiger partial charge in [0.25, 0.3) is 0 Å². The van der Waals surface area contributed by atoms with E-state index >= 15 is 0 Å². The zero-order chi connectivity index (χ0) is 10.6. The molecule has 1 rings (SSSR count). The first-order valence-corrected chi connectivity index (χ1v) is 5.69. The normalized spacial score (nSPS) is 31.7. The molecule has 0 amide bonds. The molecule has 0 bridgehead atoms. The van der Waals surface area contributed by atoms with Crippen molar-refractivity contribution in [2.75, 3.05) is 19.7 Å². The van der Waals surface area contributed by atoms with Crippen LogP contribution in [-0.4, -0.2) is 31.8 Å². The molecular weight excluding hydrogens is 176 g/mol. The average molecular weight is 200 g/mol. The van der Waals surface area contributed by atoms with Crippen LogP contribution in [0.3, 0.4) is 0 Å². The second-order valence-electron chi connectivity index (χ2n) is 4.62. The van der Waals surface area contributed by atoms with Gasteiger partial charge in [-0.1, -0.05) is 6.92 Å². The van der Waals surface area contributed by atoms with Gasteiger partial charge in [0.15, 0.2) is 0 Å². The van der Waals surface area contributed by atoms with Crippen molar-refractivity contribution in [2.45, 2.75) is 39.3 Å². The summed E-state index contributed by atoms with van der Waals surface area (Å²) in [5, 5.41) is 3.48. The fraction of sp³-hybridized carbons (Fsp3) is 1.00. The first kappa shape index (κ1) is 12.0. The van der Waals surface area contributed by atoms with Crippen molar-refractivity contribution in [3.05, 3.63) is 0 Å². The largest absolute Gasteiger partial charge is 0.378 e. The lowest BCUT2D eigenvalue weighted by Crippen LogP contribution is -2.36. The first-order chi connectivity index (χ1) is 6.61. The minimum Gasteiger partial charge on any atom is -0.378 e. The Bertz CT molecular complexity index is 161. The second-order valence-corrected chi connectivity index (χ2v) is 4.62. The van der Waals surface area contributed by atoms with E-state index in [4.69, 9.17) is 10.5 Å². The van der Waals surface area contributed by atoms with Crippen molar-refractivity contribution in [3.8, 4) is 0 Å². The fourth-order valence-electron chi connectivity index (χ4n) is 1.73. The topological polar surface area (TPSA) is 47.3 Å². The van der Waals surface area contributed by atoms with Crippen LogP contribution >= 0.6 is 0 Å². The van der Waals surface area contributed by atoms with E-state index in [0.717, 1.165) is 19.7 Å². The molecule has 3 nitrogen and oxygen atoms in total. The maximum Gasteiger partial charge on any atom is 0.0588 e. The van der Waals surface area contributed by atoms with E-state index in [1.54, 1.807) is 0 Å². The summed E-state index contributed by atoms with van der Waals surface area (Å²) in [5.41, 5.74) is 5.79. The van der Waals surface area contributed by atoms with Crippen LogP contribution in [0.5, 0.6) is 0 Å². The summed E-state index contributed by atoms with van der Waals surface area (Å²) in [6.07, 6.45) is 1.62. The highest BCUT2D eigenvalue weighted by Crippen LogP contribution is 2.19. The van der Waals surface area contributed by atoms with Gasteiger partial charge in [-0.3, -0.25) is 0 Å². The van der Waals surface area contributed by atoms with Crippen LogP contribution in [0.1, 0.15) is 27.2 Å². The van der Waals surface area contributed by atoms with E-state index in [0.29, 0.717) is 17.9 Å². The molecular formula is C11H24N2O. The SMILES string of the molecule is CC(N)C(C)CNCC1CCOC1C. The molecule has 1 saturated heterocycles. The lowest BCUT2D eigenvalue weighted by molar-refractivity contribution is 0.105. The maximum absolute atomic E-state index is 5.79. The molecule has 0 aromatic rings. The molecule has 0 aromatic carbocycles. The molecule has 1 aliphatic heterocycles. The molecule has 4 atom stereocenters. The van der Waals surface area contributed by atoms with Crippen molar-refractivity contribution in [3.63, 3.8) is 0 Å². The van der Waals surface area contributed by atoms with Crippen LogP contribution in [0.2, 0.25) is 0 Å². The van der Waals surface area contributed by atoms with Crippen LogP contribution in [0, 0.1) is 11.8 Å². The van der Waals surface area contributed by atoms with Gasteiger partial charge in [-0.2, -0.15) is 0 Å². The molecule has 0 radical (unpaired) electrons. The van der Waals surface area contributed by atoms with Gasteiger partial charge in [0.05, 0.1) is 6.10 Å². The molecule has 1 aliphatic rings. The standard InChI is InChI=1S/C11H24N2O/c1-8(9(2)12)6-13-7-11-4-5-14-10(11)3/h8-11,13H,4-7,12H2,1-3H3. The fourth-order valence-corrected chi connectivity index (χ4v) is 1.73. The van der Waals surface area contributed by atoms with Crippen LogP contribution in [-0.2, 0) is 4.74 Å². The van der Waals surface area contributed by atoms with Gasteiger partial charge in [0.1, 0.15) is 0 Å². The average Bonchev–Trinajstić information content (AvgIpc) is 2.51. The van der Waals surface area contributed by atoms with Gasteiger partial charge in [-0.05, 0) is 38.6 Å². The predicted molar refractivity (Wildman–Crippen MR) is 59.2 cm³/mol. The van der Waals surface area contributed by atoms with E-state index in [1.165, 1.54) is 6.42 Å². The molecule has 0 saturated carbocycles. The monoisotopic (exact) mass is 200 g/mol. The lowest BCUT2D eigenvalue weighted by Gasteiger charge is -2.19. The molecule has 0 spiro atoms. The zero-order valence-corrected chi connectivity index (χ0v) is 9.62. The van der Waals surface area contributed by atoms with E-state index in [-0.39, 0.29) is 6.04 Å². The highest BCUT2D eigenvalue weighted by molar-refractivity contribution is 4.75. The Morgan fingerprint density at radius 3 is 2.71 bits per heavy atom. The molecule has 3 N–H and O–H groups in total. The Morgan fingerprint density at radius 2 is 2.21 bits per heavy atom. The molecule has 4 unspecified atom stereocenters. The summed E-state index contributed by atoms with van der Waals surface area (Å²) < 4.78 is 5.51. The molecule has 14 heavy (non-hydrogen) atoms. The highest BCUT2D eigenvalue weighted by Gasteiger charge is 2.23. The third kappa shape index (κ3) is 3.56. The maximum atomic E-state index is 5.79. The summed E-state index contributed by atoms with van der Waals surface area (Å²) in [6, 6.07) is 0.278. The third-order valence-corrected chi connectivity index (χ3v) is 3.30. The lowest BCUT2D eigenvalue weighted by atomic mass is 10.0. The van der Waals surface area contributed by atoms with Crippen LogP contribution in [0.25, 0.3) is 0 Å². The molecule has 1 heterocycles. The minimum atomic E-state index is 0.278. The van der Waals surface area contributed by atoms with Gasteiger partial charge >= 0.3 is 0 Å². The number of nitrogens with two attached hydrogens (primary N) is 1. The Morgan fingerprint density at radius 1 is 1.50 bits per heavy atom. The summed E-state index contributed by atoms with van der Waals surface area (Å²) in [5.74, 6) is 1.24. The van der Waals surface area contributed by atoms with E-state index < -0.39 is 0 Å². The number of ether oxygens (including phenoxy) is 1.